The normalized spacial score (nSPS) is 13.6. The quantitative estimate of drug-likeness (QED) is 0.537. The first-order valence-corrected chi connectivity index (χ1v) is 20.5. The summed E-state index contributed by atoms with van der Waals surface area (Å²) in [6, 6.07) is 20.7. The highest BCUT2D eigenvalue weighted by atomic mass is 28.5. The second-order valence-electron chi connectivity index (χ2n) is 8.77. The van der Waals surface area contributed by atoms with Crippen LogP contribution in [-0.4, -0.2) is 41.1 Å². The SMILES string of the molecule is CO[Si](C)(C)O[Si](O[Si](C)(C)O[Si](C)(C)C)(c1ccccc1)c1ccccc1. The Kier molecular flexibility index (Phi) is 7.43. The molecule has 0 aromatic heterocycles. The summed E-state index contributed by atoms with van der Waals surface area (Å²) in [6.45, 7) is 15.0. The lowest BCUT2D eigenvalue weighted by atomic mass is 10.4. The third-order valence-corrected chi connectivity index (χ3v) is 17.9. The van der Waals surface area contributed by atoms with Gasteiger partial charge in [0.05, 0.1) is 0 Å². The van der Waals surface area contributed by atoms with Crippen molar-refractivity contribution in [2.24, 2.45) is 0 Å². The fourth-order valence-electron chi connectivity index (χ4n) is 3.23. The van der Waals surface area contributed by atoms with Crippen LogP contribution in [0.5, 0.6) is 0 Å². The molecule has 28 heavy (non-hydrogen) atoms. The molecule has 0 amide bonds. The Morgan fingerprint density at radius 1 is 0.536 bits per heavy atom. The van der Waals surface area contributed by atoms with Gasteiger partial charge in [-0.3, -0.25) is 0 Å². The predicted octanol–water partition coefficient (Wildman–Crippen LogP) is 4.18. The van der Waals surface area contributed by atoms with Crippen LogP contribution in [-0.2, 0) is 16.8 Å². The van der Waals surface area contributed by atoms with E-state index in [1.807, 2.05) is 36.4 Å². The standard InChI is InChI=1S/C20H34O4Si4/c1-21-26(5,6)23-28(19-15-11-9-12-16-19,20-17-13-10-14-18-20)24-27(7,8)22-25(2,3)4/h9-18H,1-8H3. The van der Waals surface area contributed by atoms with Gasteiger partial charge in [0, 0.05) is 7.11 Å². The summed E-state index contributed by atoms with van der Waals surface area (Å²) >= 11 is 0. The Balaban J connectivity index is 2.67. The van der Waals surface area contributed by atoms with Crippen LogP contribution in [0, 0.1) is 0 Å². The first kappa shape index (κ1) is 23.4. The Morgan fingerprint density at radius 2 is 0.929 bits per heavy atom. The van der Waals surface area contributed by atoms with Gasteiger partial charge in [-0.25, -0.2) is 0 Å². The van der Waals surface area contributed by atoms with Crippen molar-refractivity contribution in [2.75, 3.05) is 7.11 Å². The van der Waals surface area contributed by atoms with Gasteiger partial charge >= 0.3 is 25.7 Å². The molecule has 0 saturated heterocycles. The topological polar surface area (TPSA) is 36.9 Å². The van der Waals surface area contributed by atoms with Gasteiger partial charge in [-0.2, -0.15) is 0 Å². The minimum atomic E-state index is -3.04. The molecule has 0 bridgehead atoms. The van der Waals surface area contributed by atoms with Crippen molar-refractivity contribution in [3.8, 4) is 0 Å². The summed E-state index contributed by atoms with van der Waals surface area (Å²) in [5.41, 5.74) is 0. The molecular weight excluding hydrogens is 417 g/mol. The predicted molar refractivity (Wildman–Crippen MR) is 126 cm³/mol. The van der Waals surface area contributed by atoms with Crippen LogP contribution < -0.4 is 10.4 Å². The van der Waals surface area contributed by atoms with Crippen LogP contribution >= 0.6 is 0 Å². The minimum Gasteiger partial charge on any atom is -0.437 e. The molecule has 2 aromatic rings. The highest BCUT2D eigenvalue weighted by Gasteiger charge is 2.52. The number of benzene rings is 2. The van der Waals surface area contributed by atoms with E-state index in [2.05, 4.69) is 70.1 Å². The van der Waals surface area contributed by atoms with E-state index < -0.39 is 34.0 Å². The Bertz CT molecular complexity index is 706. The summed E-state index contributed by atoms with van der Waals surface area (Å²) in [7, 11) is -8.01. The molecule has 8 heteroatoms. The monoisotopic (exact) mass is 450 g/mol. The smallest absolute Gasteiger partial charge is 0.389 e. The van der Waals surface area contributed by atoms with Crippen LogP contribution in [0.1, 0.15) is 0 Å². The summed E-state index contributed by atoms with van der Waals surface area (Å²) in [5.74, 6) is 0. The van der Waals surface area contributed by atoms with Crippen molar-refractivity contribution in [3.63, 3.8) is 0 Å². The van der Waals surface area contributed by atoms with E-state index >= 15 is 0 Å². The van der Waals surface area contributed by atoms with E-state index in [1.54, 1.807) is 7.11 Å². The summed E-state index contributed by atoms with van der Waals surface area (Å²) in [6.07, 6.45) is 0. The van der Waals surface area contributed by atoms with E-state index in [0.717, 1.165) is 10.4 Å². The van der Waals surface area contributed by atoms with Gasteiger partial charge < -0.3 is 16.8 Å². The van der Waals surface area contributed by atoms with Crippen molar-refractivity contribution < 1.29 is 16.8 Å². The fourth-order valence-corrected chi connectivity index (χ4v) is 19.6. The zero-order valence-corrected chi connectivity index (χ0v) is 22.4. The molecule has 154 valence electrons. The molecular formula is C20H34O4Si4. The average molecular weight is 451 g/mol. The van der Waals surface area contributed by atoms with E-state index in [0.29, 0.717) is 0 Å². The zero-order chi connectivity index (χ0) is 21.1. The van der Waals surface area contributed by atoms with Crippen LogP contribution in [0.15, 0.2) is 60.7 Å². The second kappa shape index (κ2) is 8.88. The Labute approximate surface area is 174 Å². The number of hydrogen-bond donors (Lipinski definition) is 0. The summed E-state index contributed by atoms with van der Waals surface area (Å²) in [5, 5.41) is 2.16. The Hall–Kier alpha value is -0.852. The molecule has 0 unspecified atom stereocenters. The van der Waals surface area contributed by atoms with Gasteiger partial charge in [-0.05, 0) is 56.2 Å². The first-order chi connectivity index (χ1) is 12.9. The summed E-state index contributed by atoms with van der Waals surface area (Å²) < 4.78 is 26.3. The van der Waals surface area contributed by atoms with E-state index in [1.165, 1.54) is 0 Å². The lowest BCUT2D eigenvalue weighted by Crippen LogP contribution is -2.71. The highest BCUT2D eigenvalue weighted by Crippen LogP contribution is 2.24. The molecule has 0 atom stereocenters. The highest BCUT2D eigenvalue weighted by molar-refractivity contribution is 7.01. The average Bonchev–Trinajstić information content (AvgIpc) is 2.60. The minimum absolute atomic E-state index is 1.08. The summed E-state index contributed by atoms with van der Waals surface area (Å²) in [4.78, 5) is 0. The maximum Gasteiger partial charge on any atom is 0.389 e. The van der Waals surface area contributed by atoms with Gasteiger partial charge in [-0.15, -0.1) is 0 Å². The van der Waals surface area contributed by atoms with E-state index in [-0.39, 0.29) is 0 Å². The van der Waals surface area contributed by atoms with Gasteiger partial charge in [-0.1, -0.05) is 60.7 Å². The van der Waals surface area contributed by atoms with Crippen molar-refractivity contribution >= 4 is 44.4 Å². The maximum atomic E-state index is 7.03. The molecule has 0 aliphatic rings. The third-order valence-electron chi connectivity index (χ3n) is 4.13. The molecule has 2 rings (SSSR count). The van der Waals surface area contributed by atoms with Gasteiger partial charge in [0.25, 0.3) is 0 Å². The molecule has 0 saturated carbocycles. The number of rotatable bonds is 9. The van der Waals surface area contributed by atoms with Crippen molar-refractivity contribution in [1.29, 1.82) is 0 Å². The lowest BCUT2D eigenvalue weighted by Gasteiger charge is -2.43. The molecule has 2 aromatic carbocycles. The van der Waals surface area contributed by atoms with E-state index in [9.17, 15) is 0 Å². The lowest BCUT2D eigenvalue weighted by molar-refractivity contribution is 0.274. The zero-order valence-electron chi connectivity index (χ0n) is 18.4. The van der Waals surface area contributed by atoms with Crippen molar-refractivity contribution in [2.45, 2.75) is 45.8 Å². The van der Waals surface area contributed by atoms with Gasteiger partial charge in [0.2, 0.25) is 0 Å². The van der Waals surface area contributed by atoms with Crippen LogP contribution in [0.2, 0.25) is 45.8 Å². The van der Waals surface area contributed by atoms with Crippen molar-refractivity contribution in [3.05, 3.63) is 60.7 Å². The van der Waals surface area contributed by atoms with Gasteiger partial charge in [0.15, 0.2) is 8.32 Å². The fraction of sp³-hybridized carbons (Fsp3) is 0.400. The molecule has 0 radical (unpaired) electrons. The van der Waals surface area contributed by atoms with Crippen LogP contribution in [0.25, 0.3) is 0 Å². The molecule has 0 aliphatic heterocycles. The molecule has 4 nitrogen and oxygen atoms in total. The molecule has 0 fully saturated rings. The Morgan fingerprint density at radius 3 is 1.29 bits per heavy atom. The van der Waals surface area contributed by atoms with Gasteiger partial charge in [0.1, 0.15) is 0 Å². The van der Waals surface area contributed by atoms with Crippen LogP contribution in [0.3, 0.4) is 0 Å². The van der Waals surface area contributed by atoms with Crippen molar-refractivity contribution in [1.82, 2.24) is 0 Å². The van der Waals surface area contributed by atoms with Crippen LogP contribution in [0.4, 0.5) is 0 Å². The third kappa shape index (κ3) is 6.33. The second-order valence-corrected chi connectivity index (χ2v) is 23.8. The maximum absolute atomic E-state index is 7.03. The molecule has 0 heterocycles. The molecule has 0 aliphatic carbocycles. The first-order valence-electron chi connectivity index (χ1n) is 9.66. The molecule has 0 spiro atoms. The molecule has 0 N–H and O–H groups in total. The van der Waals surface area contributed by atoms with E-state index in [4.69, 9.17) is 16.8 Å². The number of hydrogen-bond acceptors (Lipinski definition) is 4. The largest absolute Gasteiger partial charge is 0.437 e.